The molecule has 0 aliphatic heterocycles. The number of para-hydroxylation sites is 1. The molecule has 17 heavy (non-hydrogen) atoms. The summed E-state index contributed by atoms with van der Waals surface area (Å²) in [5.74, 6) is 2.02. The molecule has 2 rings (SSSR count). The molecule has 0 saturated heterocycles. The molecule has 1 saturated carbocycles. The molecule has 0 amide bonds. The first-order valence-corrected chi connectivity index (χ1v) is 7.15. The van der Waals surface area contributed by atoms with E-state index in [2.05, 4.69) is 28.2 Å². The van der Waals surface area contributed by atoms with E-state index >= 15 is 0 Å². The fraction of sp³-hybridized carbons (Fsp3) is 0.571. The van der Waals surface area contributed by atoms with Crippen LogP contribution < -0.4 is 5.32 Å². The van der Waals surface area contributed by atoms with Gasteiger partial charge in [0.05, 0.1) is 4.47 Å². The molecular formula is C14H20BrNO. The summed E-state index contributed by atoms with van der Waals surface area (Å²) in [5, 5.41) is 13.3. The zero-order valence-corrected chi connectivity index (χ0v) is 11.8. The highest BCUT2D eigenvalue weighted by Gasteiger charge is 2.22. The molecule has 0 heterocycles. The van der Waals surface area contributed by atoms with E-state index in [1.165, 1.54) is 19.3 Å². The molecule has 3 heteroatoms. The van der Waals surface area contributed by atoms with Gasteiger partial charge in [0.25, 0.3) is 0 Å². The quantitative estimate of drug-likeness (QED) is 0.888. The van der Waals surface area contributed by atoms with Crippen LogP contribution in [0.3, 0.4) is 0 Å². The van der Waals surface area contributed by atoms with Gasteiger partial charge < -0.3 is 10.4 Å². The summed E-state index contributed by atoms with van der Waals surface area (Å²) in [6.45, 7) is 4.15. The zero-order chi connectivity index (χ0) is 12.3. The van der Waals surface area contributed by atoms with Crippen LogP contribution in [0, 0.1) is 11.8 Å². The van der Waals surface area contributed by atoms with E-state index in [9.17, 15) is 5.11 Å². The van der Waals surface area contributed by atoms with Crippen LogP contribution >= 0.6 is 15.9 Å². The third-order valence-electron chi connectivity index (χ3n) is 3.83. The largest absolute Gasteiger partial charge is 0.506 e. The fourth-order valence-corrected chi connectivity index (χ4v) is 3.03. The number of aromatic hydroxyl groups is 1. The average Bonchev–Trinajstić information content (AvgIpc) is 2.71. The van der Waals surface area contributed by atoms with E-state index in [1.807, 2.05) is 18.2 Å². The molecular weight excluding hydrogens is 278 g/mol. The van der Waals surface area contributed by atoms with Gasteiger partial charge in [-0.25, -0.2) is 0 Å². The Balaban J connectivity index is 1.84. The maximum absolute atomic E-state index is 9.85. The number of hydrogen-bond donors (Lipinski definition) is 2. The first-order valence-electron chi connectivity index (χ1n) is 6.35. The Labute approximate surface area is 112 Å². The molecule has 2 atom stereocenters. The predicted molar refractivity (Wildman–Crippen MR) is 74.0 cm³/mol. The number of phenolic OH excluding ortho intramolecular Hbond substituents is 1. The second-order valence-electron chi connectivity index (χ2n) is 5.05. The lowest BCUT2D eigenvalue weighted by atomic mass is 9.98. The van der Waals surface area contributed by atoms with Crippen LogP contribution in [-0.4, -0.2) is 11.7 Å². The van der Waals surface area contributed by atoms with Gasteiger partial charge in [0.2, 0.25) is 0 Å². The van der Waals surface area contributed by atoms with Gasteiger partial charge in [0.1, 0.15) is 5.75 Å². The third kappa shape index (κ3) is 3.23. The van der Waals surface area contributed by atoms with Gasteiger partial charge in [-0.2, -0.15) is 0 Å². The van der Waals surface area contributed by atoms with Crippen LogP contribution in [0.1, 0.15) is 31.7 Å². The normalized spacial score (nSPS) is 24.1. The Morgan fingerprint density at radius 1 is 1.41 bits per heavy atom. The van der Waals surface area contributed by atoms with Crippen molar-refractivity contribution in [3.63, 3.8) is 0 Å². The molecule has 1 aromatic rings. The van der Waals surface area contributed by atoms with Crippen molar-refractivity contribution in [3.05, 3.63) is 28.2 Å². The Morgan fingerprint density at radius 2 is 2.24 bits per heavy atom. The van der Waals surface area contributed by atoms with Gasteiger partial charge in [0, 0.05) is 12.1 Å². The summed E-state index contributed by atoms with van der Waals surface area (Å²) >= 11 is 3.34. The highest BCUT2D eigenvalue weighted by atomic mass is 79.9. The minimum atomic E-state index is 0.361. The van der Waals surface area contributed by atoms with Crippen LogP contribution in [0.4, 0.5) is 0 Å². The van der Waals surface area contributed by atoms with E-state index in [0.717, 1.165) is 35.0 Å². The summed E-state index contributed by atoms with van der Waals surface area (Å²) in [4.78, 5) is 0. The Kier molecular flexibility index (Phi) is 4.46. The van der Waals surface area contributed by atoms with Crippen LogP contribution in [-0.2, 0) is 6.54 Å². The predicted octanol–water partition coefficient (Wildman–Crippen LogP) is 3.68. The van der Waals surface area contributed by atoms with E-state index < -0.39 is 0 Å². The summed E-state index contributed by atoms with van der Waals surface area (Å²) in [6, 6.07) is 5.78. The number of phenols is 1. The molecule has 2 nitrogen and oxygen atoms in total. The molecule has 0 radical (unpaired) electrons. The maximum atomic E-state index is 9.85. The first kappa shape index (κ1) is 12.9. The van der Waals surface area contributed by atoms with Crippen LogP contribution in [0.25, 0.3) is 0 Å². The van der Waals surface area contributed by atoms with E-state index in [0.29, 0.717) is 5.75 Å². The number of nitrogens with one attached hydrogen (secondary N) is 1. The van der Waals surface area contributed by atoms with Crippen molar-refractivity contribution >= 4 is 15.9 Å². The molecule has 0 aromatic heterocycles. The van der Waals surface area contributed by atoms with Gasteiger partial charge in [0.15, 0.2) is 0 Å². The molecule has 0 spiro atoms. The van der Waals surface area contributed by atoms with Crippen molar-refractivity contribution in [3.8, 4) is 5.75 Å². The van der Waals surface area contributed by atoms with Gasteiger partial charge in [-0.1, -0.05) is 31.9 Å². The SMILES string of the molecule is CC1CCCC1CNCc1cccc(Br)c1O. The van der Waals surface area contributed by atoms with E-state index in [1.54, 1.807) is 0 Å². The lowest BCUT2D eigenvalue weighted by molar-refractivity contribution is 0.389. The molecule has 0 bridgehead atoms. The van der Waals surface area contributed by atoms with Crippen LogP contribution in [0.15, 0.2) is 22.7 Å². The summed E-state index contributed by atoms with van der Waals surface area (Å²) in [7, 11) is 0. The second kappa shape index (κ2) is 5.87. The van der Waals surface area contributed by atoms with Gasteiger partial charge in [-0.15, -0.1) is 0 Å². The van der Waals surface area contributed by atoms with Crippen LogP contribution in [0.2, 0.25) is 0 Å². The highest BCUT2D eigenvalue weighted by Crippen LogP contribution is 2.31. The standard InChI is InChI=1S/C14H20BrNO/c1-10-4-2-5-11(10)8-16-9-12-6-3-7-13(15)14(12)17/h3,6-7,10-11,16-17H,2,4-5,8-9H2,1H3. The molecule has 2 unspecified atom stereocenters. The van der Waals surface area contributed by atoms with Crippen LogP contribution in [0.5, 0.6) is 5.75 Å². The molecule has 1 aliphatic carbocycles. The molecule has 94 valence electrons. The Morgan fingerprint density at radius 3 is 2.94 bits per heavy atom. The van der Waals surface area contributed by atoms with Gasteiger partial charge in [-0.05, 0) is 46.8 Å². The molecule has 2 N–H and O–H groups in total. The van der Waals surface area contributed by atoms with E-state index in [4.69, 9.17) is 0 Å². The fourth-order valence-electron chi connectivity index (χ4n) is 2.62. The number of hydrogen-bond acceptors (Lipinski definition) is 2. The van der Waals surface area contributed by atoms with Crippen molar-refractivity contribution in [2.45, 2.75) is 32.7 Å². The highest BCUT2D eigenvalue weighted by molar-refractivity contribution is 9.10. The molecule has 1 fully saturated rings. The Bertz CT molecular complexity index is 380. The molecule has 1 aromatic carbocycles. The van der Waals surface area contributed by atoms with Crippen molar-refractivity contribution in [2.75, 3.05) is 6.54 Å². The lowest BCUT2D eigenvalue weighted by Gasteiger charge is -2.16. The first-order chi connectivity index (χ1) is 8.18. The smallest absolute Gasteiger partial charge is 0.134 e. The summed E-state index contributed by atoms with van der Waals surface area (Å²) in [5.41, 5.74) is 0.963. The van der Waals surface area contributed by atoms with Gasteiger partial charge >= 0.3 is 0 Å². The topological polar surface area (TPSA) is 32.3 Å². The van der Waals surface area contributed by atoms with Crippen molar-refractivity contribution in [1.82, 2.24) is 5.32 Å². The zero-order valence-electron chi connectivity index (χ0n) is 10.2. The molecule has 1 aliphatic rings. The van der Waals surface area contributed by atoms with E-state index in [-0.39, 0.29) is 0 Å². The summed E-state index contributed by atoms with van der Waals surface area (Å²) in [6.07, 6.45) is 4.09. The minimum Gasteiger partial charge on any atom is -0.506 e. The van der Waals surface area contributed by atoms with Crippen molar-refractivity contribution in [2.24, 2.45) is 11.8 Å². The average molecular weight is 298 g/mol. The third-order valence-corrected chi connectivity index (χ3v) is 4.47. The lowest BCUT2D eigenvalue weighted by Crippen LogP contribution is -2.23. The Hall–Kier alpha value is -0.540. The number of halogens is 1. The number of benzene rings is 1. The second-order valence-corrected chi connectivity index (χ2v) is 5.90. The monoisotopic (exact) mass is 297 g/mol. The number of rotatable bonds is 4. The van der Waals surface area contributed by atoms with Crippen molar-refractivity contribution < 1.29 is 5.11 Å². The summed E-state index contributed by atoms with van der Waals surface area (Å²) < 4.78 is 0.769. The minimum absolute atomic E-state index is 0.361. The van der Waals surface area contributed by atoms with Crippen molar-refractivity contribution in [1.29, 1.82) is 0 Å². The van der Waals surface area contributed by atoms with Gasteiger partial charge in [-0.3, -0.25) is 0 Å². The maximum Gasteiger partial charge on any atom is 0.134 e.